The number of carbonyl (C=O) groups excluding carboxylic acids is 1. The van der Waals surface area contributed by atoms with Crippen molar-refractivity contribution in [3.8, 4) is 0 Å². The highest BCUT2D eigenvalue weighted by atomic mass is 19.2. The van der Waals surface area contributed by atoms with Gasteiger partial charge in [0.05, 0.1) is 11.8 Å². The summed E-state index contributed by atoms with van der Waals surface area (Å²) in [5.74, 6) is -7.69. The van der Waals surface area contributed by atoms with E-state index in [1.54, 1.807) is 0 Å². The second kappa shape index (κ2) is 6.15. The topological polar surface area (TPSA) is 66.4 Å². The molecule has 21 heavy (non-hydrogen) atoms. The molecule has 0 heterocycles. The van der Waals surface area contributed by atoms with Crippen molar-refractivity contribution >= 4 is 17.6 Å². The van der Waals surface area contributed by atoms with Crippen LogP contribution in [0.2, 0.25) is 0 Å². The Bertz CT molecular complexity index is 554. The highest BCUT2D eigenvalue weighted by Crippen LogP contribution is 2.31. The van der Waals surface area contributed by atoms with Gasteiger partial charge in [0.2, 0.25) is 5.91 Å². The van der Waals surface area contributed by atoms with Crippen molar-refractivity contribution in [2.75, 3.05) is 5.32 Å². The molecule has 4 nitrogen and oxygen atoms in total. The monoisotopic (exact) mass is 301 g/mol. The van der Waals surface area contributed by atoms with E-state index in [2.05, 4.69) is 5.32 Å². The number of anilines is 1. The third-order valence-electron chi connectivity index (χ3n) is 3.67. The number of nitrogens with one attached hydrogen (secondary N) is 1. The quantitative estimate of drug-likeness (QED) is 0.844. The van der Waals surface area contributed by atoms with Gasteiger partial charge in [-0.3, -0.25) is 9.59 Å². The SMILES string of the molecule is O=C(O)[C@H]1CCCC[C@H]1C(=O)Nc1cc(F)c(F)c(F)c1. The number of halogens is 3. The minimum Gasteiger partial charge on any atom is -0.481 e. The zero-order valence-electron chi connectivity index (χ0n) is 11.0. The van der Waals surface area contributed by atoms with E-state index in [1.807, 2.05) is 0 Å². The molecule has 7 heteroatoms. The van der Waals surface area contributed by atoms with Crippen LogP contribution in [-0.4, -0.2) is 17.0 Å². The first-order valence-corrected chi connectivity index (χ1v) is 6.58. The maximum absolute atomic E-state index is 13.1. The van der Waals surface area contributed by atoms with Crippen LogP contribution >= 0.6 is 0 Å². The molecule has 1 amide bonds. The minimum absolute atomic E-state index is 0.230. The minimum atomic E-state index is -1.62. The Labute approximate surface area is 119 Å². The molecule has 0 spiro atoms. The van der Waals surface area contributed by atoms with Crippen LogP contribution in [0.1, 0.15) is 25.7 Å². The lowest BCUT2D eigenvalue weighted by molar-refractivity contribution is -0.147. The molecule has 2 atom stereocenters. The molecule has 0 unspecified atom stereocenters. The molecule has 114 valence electrons. The van der Waals surface area contributed by atoms with Gasteiger partial charge in [-0.05, 0) is 12.8 Å². The lowest BCUT2D eigenvalue weighted by Gasteiger charge is -2.27. The van der Waals surface area contributed by atoms with Crippen LogP contribution in [0.25, 0.3) is 0 Å². The Morgan fingerprint density at radius 3 is 2.10 bits per heavy atom. The fraction of sp³-hybridized carbons (Fsp3) is 0.429. The summed E-state index contributed by atoms with van der Waals surface area (Å²) < 4.78 is 39.0. The highest BCUT2D eigenvalue weighted by Gasteiger charge is 2.35. The van der Waals surface area contributed by atoms with E-state index in [4.69, 9.17) is 5.11 Å². The Hall–Kier alpha value is -2.05. The van der Waals surface area contributed by atoms with Gasteiger partial charge in [-0.1, -0.05) is 12.8 Å². The summed E-state index contributed by atoms with van der Waals surface area (Å²) >= 11 is 0. The van der Waals surface area contributed by atoms with E-state index < -0.39 is 41.2 Å². The number of benzene rings is 1. The number of aliphatic carboxylic acids is 1. The van der Waals surface area contributed by atoms with Gasteiger partial charge in [-0.15, -0.1) is 0 Å². The second-order valence-corrected chi connectivity index (χ2v) is 5.08. The molecule has 1 aliphatic rings. The molecule has 2 rings (SSSR count). The molecule has 1 aromatic carbocycles. The predicted molar refractivity (Wildman–Crippen MR) is 68.0 cm³/mol. The smallest absolute Gasteiger partial charge is 0.307 e. The fourth-order valence-corrected chi connectivity index (χ4v) is 2.60. The van der Waals surface area contributed by atoms with Crippen molar-refractivity contribution in [3.63, 3.8) is 0 Å². The number of carbonyl (C=O) groups is 2. The lowest BCUT2D eigenvalue weighted by atomic mass is 9.78. The molecule has 1 fully saturated rings. The molecule has 0 aliphatic heterocycles. The first-order valence-electron chi connectivity index (χ1n) is 6.58. The number of hydrogen-bond donors (Lipinski definition) is 2. The number of rotatable bonds is 3. The average Bonchev–Trinajstić information content (AvgIpc) is 2.44. The maximum Gasteiger partial charge on any atom is 0.307 e. The van der Waals surface area contributed by atoms with Gasteiger partial charge in [-0.2, -0.15) is 0 Å². The zero-order chi connectivity index (χ0) is 15.6. The van der Waals surface area contributed by atoms with Crippen LogP contribution in [0.5, 0.6) is 0 Å². The standard InChI is InChI=1S/C14H14F3NO3/c15-10-5-7(6-11(16)12(10)17)18-13(19)8-3-1-2-4-9(8)14(20)21/h5-6,8-9H,1-4H2,(H,18,19)(H,20,21)/t8-,9+/m1/s1. The van der Waals surface area contributed by atoms with Gasteiger partial charge in [0.15, 0.2) is 17.5 Å². The van der Waals surface area contributed by atoms with Crippen molar-refractivity contribution in [1.82, 2.24) is 0 Å². The lowest BCUT2D eigenvalue weighted by Crippen LogP contribution is -2.36. The average molecular weight is 301 g/mol. The summed E-state index contributed by atoms with van der Waals surface area (Å²) in [6, 6.07) is 1.32. The molecular formula is C14H14F3NO3. The third-order valence-corrected chi connectivity index (χ3v) is 3.67. The first-order chi connectivity index (χ1) is 9.90. The van der Waals surface area contributed by atoms with Gasteiger partial charge in [-0.25, -0.2) is 13.2 Å². The predicted octanol–water partition coefficient (Wildman–Crippen LogP) is 2.93. The highest BCUT2D eigenvalue weighted by molar-refractivity contribution is 5.95. The third kappa shape index (κ3) is 3.34. The second-order valence-electron chi connectivity index (χ2n) is 5.08. The molecule has 1 aliphatic carbocycles. The molecule has 2 N–H and O–H groups in total. The number of amides is 1. The maximum atomic E-state index is 13.1. The van der Waals surface area contributed by atoms with Crippen molar-refractivity contribution in [1.29, 1.82) is 0 Å². The van der Waals surface area contributed by atoms with Gasteiger partial charge in [0.1, 0.15) is 0 Å². The fourth-order valence-electron chi connectivity index (χ4n) is 2.60. The molecule has 1 saturated carbocycles. The normalized spacial score (nSPS) is 21.9. The van der Waals surface area contributed by atoms with Crippen molar-refractivity contribution in [3.05, 3.63) is 29.6 Å². The summed E-state index contributed by atoms with van der Waals surface area (Å²) in [6.45, 7) is 0. The summed E-state index contributed by atoms with van der Waals surface area (Å²) in [5, 5.41) is 11.4. The van der Waals surface area contributed by atoms with Crippen molar-refractivity contribution in [2.45, 2.75) is 25.7 Å². The van der Waals surface area contributed by atoms with Crippen LogP contribution in [0.15, 0.2) is 12.1 Å². The Morgan fingerprint density at radius 1 is 1.05 bits per heavy atom. The van der Waals surface area contributed by atoms with Crippen LogP contribution in [0.4, 0.5) is 18.9 Å². The van der Waals surface area contributed by atoms with E-state index in [-0.39, 0.29) is 5.69 Å². The first kappa shape index (κ1) is 15.3. The van der Waals surface area contributed by atoms with E-state index in [1.165, 1.54) is 0 Å². The molecular weight excluding hydrogens is 287 g/mol. The van der Waals surface area contributed by atoms with E-state index in [0.29, 0.717) is 31.4 Å². The number of hydrogen-bond acceptors (Lipinski definition) is 2. The molecule has 0 aromatic heterocycles. The molecule has 0 saturated heterocycles. The summed E-state index contributed by atoms with van der Waals surface area (Å²) in [6.07, 6.45) is 2.23. The van der Waals surface area contributed by atoms with E-state index in [9.17, 15) is 22.8 Å². The van der Waals surface area contributed by atoms with E-state index >= 15 is 0 Å². The zero-order valence-corrected chi connectivity index (χ0v) is 11.0. The molecule has 0 radical (unpaired) electrons. The summed E-state index contributed by atoms with van der Waals surface area (Å²) in [7, 11) is 0. The Balaban J connectivity index is 2.15. The number of carboxylic acids is 1. The van der Waals surface area contributed by atoms with Gasteiger partial charge < -0.3 is 10.4 Å². The van der Waals surface area contributed by atoms with Crippen LogP contribution < -0.4 is 5.32 Å². The van der Waals surface area contributed by atoms with Crippen LogP contribution in [0.3, 0.4) is 0 Å². The van der Waals surface area contributed by atoms with Crippen molar-refractivity contribution in [2.24, 2.45) is 11.8 Å². The molecule has 0 bridgehead atoms. The summed E-state index contributed by atoms with van der Waals surface area (Å²) in [5.41, 5.74) is -0.230. The van der Waals surface area contributed by atoms with Crippen LogP contribution in [0, 0.1) is 29.3 Å². The van der Waals surface area contributed by atoms with Gasteiger partial charge >= 0.3 is 5.97 Å². The summed E-state index contributed by atoms with van der Waals surface area (Å²) in [4.78, 5) is 23.2. The van der Waals surface area contributed by atoms with Gasteiger partial charge in [0, 0.05) is 17.8 Å². The Kier molecular flexibility index (Phi) is 4.50. The Morgan fingerprint density at radius 2 is 1.57 bits per heavy atom. The van der Waals surface area contributed by atoms with Gasteiger partial charge in [0.25, 0.3) is 0 Å². The van der Waals surface area contributed by atoms with Crippen LogP contribution in [-0.2, 0) is 9.59 Å². The van der Waals surface area contributed by atoms with E-state index in [0.717, 1.165) is 6.42 Å². The largest absolute Gasteiger partial charge is 0.481 e. The molecule has 1 aromatic rings. The number of carboxylic acid groups (broad SMARTS) is 1. The van der Waals surface area contributed by atoms with Crippen molar-refractivity contribution < 1.29 is 27.9 Å².